The van der Waals surface area contributed by atoms with Gasteiger partial charge in [-0.1, -0.05) is 0 Å². The number of alkyl halides is 1. The predicted octanol–water partition coefficient (Wildman–Crippen LogP) is 2.21. The van der Waals surface area contributed by atoms with Gasteiger partial charge in [-0.3, -0.25) is 0 Å². The second-order valence-corrected chi connectivity index (χ2v) is 4.23. The predicted molar refractivity (Wildman–Crippen MR) is 56.4 cm³/mol. The number of rotatable bonds is 3. The molecular weight excluding hydrogens is 225 g/mol. The van der Waals surface area contributed by atoms with Crippen molar-refractivity contribution in [3.8, 4) is 11.5 Å². The van der Waals surface area contributed by atoms with Crippen molar-refractivity contribution < 1.29 is 18.7 Å². The number of halogens is 1. The standard InChI is InChI=1S/C12H10FNO3/c13-5-8-3-10-11(17-7-16-10)4-9(8)12(1-2-12)14-6-15/h3-4H,1-2,5,7H2. The van der Waals surface area contributed by atoms with Gasteiger partial charge in [0.15, 0.2) is 11.5 Å². The maximum atomic E-state index is 13.0. The van der Waals surface area contributed by atoms with Crippen molar-refractivity contribution in [2.24, 2.45) is 4.99 Å². The molecule has 0 amide bonds. The molecule has 0 aromatic heterocycles. The Morgan fingerprint density at radius 1 is 1.35 bits per heavy atom. The van der Waals surface area contributed by atoms with Crippen LogP contribution < -0.4 is 9.47 Å². The average molecular weight is 235 g/mol. The van der Waals surface area contributed by atoms with Crippen LogP contribution in [-0.4, -0.2) is 12.9 Å². The van der Waals surface area contributed by atoms with Gasteiger partial charge in [-0.2, -0.15) is 4.99 Å². The third-order valence-electron chi connectivity index (χ3n) is 3.23. The molecule has 1 aromatic carbocycles. The fourth-order valence-corrected chi connectivity index (χ4v) is 2.17. The number of aliphatic imine (C=N–C) groups is 1. The largest absolute Gasteiger partial charge is 0.454 e. The molecule has 1 saturated carbocycles. The van der Waals surface area contributed by atoms with Crippen LogP contribution in [0.5, 0.6) is 11.5 Å². The topological polar surface area (TPSA) is 47.9 Å². The van der Waals surface area contributed by atoms with Crippen molar-refractivity contribution in [2.45, 2.75) is 25.1 Å². The maximum absolute atomic E-state index is 13.0. The van der Waals surface area contributed by atoms with E-state index in [0.717, 1.165) is 12.8 Å². The van der Waals surface area contributed by atoms with E-state index in [0.29, 0.717) is 22.6 Å². The van der Waals surface area contributed by atoms with Gasteiger partial charge in [0.05, 0.1) is 5.54 Å². The van der Waals surface area contributed by atoms with Gasteiger partial charge in [-0.25, -0.2) is 9.18 Å². The molecule has 1 aromatic rings. The minimum absolute atomic E-state index is 0.147. The highest BCUT2D eigenvalue weighted by atomic mass is 19.1. The van der Waals surface area contributed by atoms with E-state index in [4.69, 9.17) is 9.47 Å². The molecule has 3 rings (SSSR count). The van der Waals surface area contributed by atoms with E-state index in [-0.39, 0.29) is 6.79 Å². The molecule has 1 fully saturated rings. The Kier molecular flexibility index (Phi) is 2.16. The Morgan fingerprint density at radius 2 is 2.06 bits per heavy atom. The number of carbonyl (C=O) groups excluding carboxylic acids is 1. The first kappa shape index (κ1) is 10.3. The first-order chi connectivity index (χ1) is 8.29. The lowest BCUT2D eigenvalue weighted by molar-refractivity contribution is 0.174. The molecule has 1 heterocycles. The monoisotopic (exact) mass is 235 g/mol. The van der Waals surface area contributed by atoms with Crippen molar-refractivity contribution in [3.05, 3.63) is 23.3 Å². The molecule has 0 atom stereocenters. The SMILES string of the molecule is O=C=NC1(c2cc3c(cc2CF)OCO3)CC1. The lowest BCUT2D eigenvalue weighted by Gasteiger charge is -2.13. The Bertz CT molecular complexity index is 519. The number of hydrogen-bond acceptors (Lipinski definition) is 4. The Balaban J connectivity index is 2.12. The van der Waals surface area contributed by atoms with Crippen molar-refractivity contribution in [1.29, 1.82) is 0 Å². The molecule has 1 aliphatic carbocycles. The highest BCUT2D eigenvalue weighted by molar-refractivity contribution is 5.53. The zero-order valence-electron chi connectivity index (χ0n) is 9.03. The van der Waals surface area contributed by atoms with Crippen molar-refractivity contribution in [1.82, 2.24) is 0 Å². The second-order valence-electron chi connectivity index (χ2n) is 4.23. The minimum Gasteiger partial charge on any atom is -0.454 e. The molecular formula is C12H10FNO3. The van der Waals surface area contributed by atoms with E-state index in [2.05, 4.69) is 4.99 Å². The first-order valence-corrected chi connectivity index (χ1v) is 5.37. The fourth-order valence-electron chi connectivity index (χ4n) is 2.17. The quantitative estimate of drug-likeness (QED) is 0.596. The van der Waals surface area contributed by atoms with Crippen LogP contribution in [0.15, 0.2) is 17.1 Å². The molecule has 4 nitrogen and oxygen atoms in total. The van der Waals surface area contributed by atoms with Gasteiger partial charge in [0.1, 0.15) is 6.67 Å². The van der Waals surface area contributed by atoms with Crippen LogP contribution in [0.3, 0.4) is 0 Å². The van der Waals surface area contributed by atoms with E-state index >= 15 is 0 Å². The average Bonchev–Trinajstić information content (AvgIpc) is 2.98. The Hall–Kier alpha value is -1.87. The molecule has 0 unspecified atom stereocenters. The molecule has 5 heteroatoms. The summed E-state index contributed by atoms with van der Waals surface area (Å²) in [5, 5.41) is 0. The molecule has 17 heavy (non-hydrogen) atoms. The normalized spacial score (nSPS) is 18.6. The molecule has 0 spiro atoms. The third kappa shape index (κ3) is 1.51. The van der Waals surface area contributed by atoms with E-state index in [1.807, 2.05) is 0 Å². The van der Waals surface area contributed by atoms with Crippen molar-refractivity contribution in [3.63, 3.8) is 0 Å². The highest BCUT2D eigenvalue weighted by Crippen LogP contribution is 2.52. The lowest BCUT2D eigenvalue weighted by atomic mass is 9.98. The molecule has 1 aliphatic heterocycles. The summed E-state index contributed by atoms with van der Waals surface area (Å²) in [7, 11) is 0. The van der Waals surface area contributed by atoms with Gasteiger partial charge in [0.25, 0.3) is 0 Å². The molecule has 2 aliphatic rings. The van der Waals surface area contributed by atoms with Crippen molar-refractivity contribution >= 4 is 6.08 Å². The summed E-state index contributed by atoms with van der Waals surface area (Å²) in [5.41, 5.74) is 0.641. The van der Waals surface area contributed by atoms with E-state index in [9.17, 15) is 9.18 Å². The molecule has 0 radical (unpaired) electrons. The van der Waals surface area contributed by atoms with Crippen LogP contribution in [0.2, 0.25) is 0 Å². The third-order valence-corrected chi connectivity index (χ3v) is 3.23. The first-order valence-electron chi connectivity index (χ1n) is 5.37. The van der Waals surface area contributed by atoms with Crippen LogP contribution in [-0.2, 0) is 17.0 Å². The summed E-state index contributed by atoms with van der Waals surface area (Å²) >= 11 is 0. The number of fused-ring (bicyclic) bond motifs is 1. The lowest BCUT2D eigenvalue weighted by Crippen LogP contribution is -2.06. The summed E-state index contributed by atoms with van der Waals surface area (Å²) in [4.78, 5) is 14.2. The molecule has 0 bridgehead atoms. The molecule has 88 valence electrons. The summed E-state index contributed by atoms with van der Waals surface area (Å²) < 4.78 is 23.5. The second kappa shape index (κ2) is 3.57. The van der Waals surface area contributed by atoms with Crippen LogP contribution in [0, 0.1) is 0 Å². The summed E-state index contributed by atoms with van der Waals surface area (Å²) in [5.74, 6) is 1.14. The van der Waals surface area contributed by atoms with E-state index in [1.165, 1.54) is 0 Å². The summed E-state index contributed by atoms with van der Waals surface area (Å²) in [6.07, 6.45) is 3.06. The number of benzene rings is 1. The zero-order chi connectivity index (χ0) is 11.9. The Labute approximate surface area is 97.1 Å². The van der Waals surface area contributed by atoms with Crippen LogP contribution in [0.4, 0.5) is 4.39 Å². The maximum Gasteiger partial charge on any atom is 0.235 e. The van der Waals surface area contributed by atoms with Crippen LogP contribution in [0.25, 0.3) is 0 Å². The smallest absolute Gasteiger partial charge is 0.235 e. The minimum atomic E-state index is -0.609. The van der Waals surface area contributed by atoms with Gasteiger partial charge < -0.3 is 9.47 Å². The van der Waals surface area contributed by atoms with Crippen LogP contribution in [0.1, 0.15) is 24.0 Å². The number of isocyanates is 1. The van der Waals surface area contributed by atoms with E-state index in [1.54, 1.807) is 18.2 Å². The van der Waals surface area contributed by atoms with Crippen molar-refractivity contribution in [2.75, 3.05) is 6.79 Å². The zero-order valence-corrected chi connectivity index (χ0v) is 9.03. The molecule has 0 saturated heterocycles. The van der Waals surface area contributed by atoms with Gasteiger partial charge in [0.2, 0.25) is 12.9 Å². The molecule has 0 N–H and O–H groups in total. The summed E-state index contributed by atoms with van der Waals surface area (Å²) in [6, 6.07) is 3.35. The summed E-state index contributed by atoms with van der Waals surface area (Å²) in [6.45, 7) is -0.462. The number of ether oxygens (including phenoxy) is 2. The van der Waals surface area contributed by atoms with E-state index < -0.39 is 12.2 Å². The number of nitrogens with zero attached hydrogens (tertiary/aromatic N) is 1. The van der Waals surface area contributed by atoms with Gasteiger partial charge in [-0.05, 0) is 36.1 Å². The van der Waals surface area contributed by atoms with Gasteiger partial charge in [0, 0.05) is 0 Å². The van der Waals surface area contributed by atoms with Gasteiger partial charge in [-0.15, -0.1) is 0 Å². The van der Waals surface area contributed by atoms with Gasteiger partial charge >= 0.3 is 0 Å². The number of hydrogen-bond donors (Lipinski definition) is 0. The Morgan fingerprint density at radius 3 is 2.65 bits per heavy atom. The highest BCUT2D eigenvalue weighted by Gasteiger charge is 2.47. The fraction of sp³-hybridized carbons (Fsp3) is 0.417. The van der Waals surface area contributed by atoms with Crippen LogP contribution >= 0.6 is 0 Å².